The van der Waals surface area contributed by atoms with Gasteiger partial charge in [-0.15, -0.1) is 0 Å². The van der Waals surface area contributed by atoms with Gasteiger partial charge in [-0.3, -0.25) is 9.36 Å². The topological polar surface area (TPSA) is 41.0 Å². The Morgan fingerprint density at radius 1 is 1.47 bits per heavy atom. The van der Waals surface area contributed by atoms with Gasteiger partial charge < -0.3 is 9.88 Å². The van der Waals surface area contributed by atoms with Gasteiger partial charge in [0.1, 0.15) is 5.82 Å². The van der Waals surface area contributed by atoms with E-state index in [1.807, 2.05) is 25.9 Å². The zero-order chi connectivity index (χ0) is 14.2. The quantitative estimate of drug-likeness (QED) is 0.878. The molecule has 1 aromatic heterocycles. The number of aromatic nitrogens is 2. The minimum atomic E-state index is -0.429. The number of hydrogen-bond acceptors (Lipinski definition) is 3. The SMILES string of the molecule is CC(CN(C)C)n1c(=S)[nH]c2ccc(F)cc2c1=O. The van der Waals surface area contributed by atoms with Crippen LogP contribution in [0.2, 0.25) is 0 Å². The third kappa shape index (κ3) is 2.74. The average molecular weight is 281 g/mol. The summed E-state index contributed by atoms with van der Waals surface area (Å²) >= 11 is 5.22. The van der Waals surface area contributed by atoms with Gasteiger partial charge >= 0.3 is 0 Å². The maximum absolute atomic E-state index is 13.3. The predicted molar refractivity (Wildman–Crippen MR) is 76.6 cm³/mol. The summed E-state index contributed by atoms with van der Waals surface area (Å²) < 4.78 is 15.1. The van der Waals surface area contributed by atoms with Crippen LogP contribution in [0.5, 0.6) is 0 Å². The van der Waals surface area contributed by atoms with Crippen molar-refractivity contribution in [2.24, 2.45) is 0 Å². The lowest BCUT2D eigenvalue weighted by Gasteiger charge is -2.19. The first-order valence-electron chi connectivity index (χ1n) is 5.99. The van der Waals surface area contributed by atoms with Crippen LogP contribution in [-0.2, 0) is 0 Å². The van der Waals surface area contributed by atoms with Gasteiger partial charge in [-0.25, -0.2) is 4.39 Å². The van der Waals surface area contributed by atoms with Gasteiger partial charge in [-0.05, 0) is 51.4 Å². The summed E-state index contributed by atoms with van der Waals surface area (Å²) in [6.45, 7) is 2.59. The van der Waals surface area contributed by atoms with E-state index in [1.54, 1.807) is 0 Å². The fourth-order valence-corrected chi connectivity index (χ4v) is 2.58. The van der Waals surface area contributed by atoms with Gasteiger partial charge in [-0.1, -0.05) is 0 Å². The highest BCUT2D eigenvalue weighted by atomic mass is 32.1. The summed E-state index contributed by atoms with van der Waals surface area (Å²) in [7, 11) is 3.85. The fraction of sp³-hybridized carbons (Fsp3) is 0.385. The second-order valence-corrected chi connectivity index (χ2v) is 5.29. The van der Waals surface area contributed by atoms with Crippen molar-refractivity contribution in [3.05, 3.63) is 39.1 Å². The third-order valence-corrected chi connectivity index (χ3v) is 3.26. The molecule has 1 heterocycles. The normalized spacial score (nSPS) is 13.1. The molecule has 1 unspecified atom stereocenters. The van der Waals surface area contributed by atoms with Crippen LogP contribution in [-0.4, -0.2) is 35.1 Å². The van der Waals surface area contributed by atoms with Crippen LogP contribution in [0.25, 0.3) is 10.9 Å². The molecule has 6 heteroatoms. The number of fused-ring (bicyclic) bond motifs is 1. The molecule has 0 saturated carbocycles. The smallest absolute Gasteiger partial charge is 0.262 e. The second-order valence-electron chi connectivity index (χ2n) is 4.91. The Bertz CT molecular complexity index is 720. The van der Waals surface area contributed by atoms with Gasteiger partial charge in [0.25, 0.3) is 5.56 Å². The largest absolute Gasteiger partial charge is 0.332 e. The molecule has 0 aliphatic carbocycles. The highest BCUT2D eigenvalue weighted by Crippen LogP contribution is 2.12. The Morgan fingerprint density at radius 2 is 2.16 bits per heavy atom. The molecule has 0 fully saturated rings. The van der Waals surface area contributed by atoms with E-state index in [9.17, 15) is 9.18 Å². The third-order valence-electron chi connectivity index (χ3n) is 2.96. The number of likely N-dealkylation sites (N-methyl/N-ethyl adjacent to an activating group) is 1. The lowest BCUT2D eigenvalue weighted by Crippen LogP contribution is -2.31. The van der Waals surface area contributed by atoms with E-state index >= 15 is 0 Å². The van der Waals surface area contributed by atoms with Crippen LogP contribution in [0.4, 0.5) is 4.39 Å². The number of benzene rings is 1. The van der Waals surface area contributed by atoms with E-state index in [2.05, 4.69) is 4.98 Å². The van der Waals surface area contributed by atoms with Crippen molar-refractivity contribution >= 4 is 23.1 Å². The van der Waals surface area contributed by atoms with E-state index in [0.717, 1.165) is 0 Å². The molecule has 2 aromatic rings. The van der Waals surface area contributed by atoms with E-state index in [-0.39, 0.29) is 11.6 Å². The van der Waals surface area contributed by atoms with Crippen LogP contribution in [0.15, 0.2) is 23.0 Å². The minimum Gasteiger partial charge on any atom is -0.332 e. The summed E-state index contributed by atoms with van der Waals surface area (Å²) in [4.78, 5) is 17.4. The molecule has 102 valence electrons. The first-order chi connectivity index (χ1) is 8.90. The fourth-order valence-electron chi connectivity index (χ4n) is 2.21. The molecule has 0 spiro atoms. The first kappa shape index (κ1) is 13.9. The van der Waals surface area contributed by atoms with Crippen molar-refractivity contribution in [2.45, 2.75) is 13.0 Å². The van der Waals surface area contributed by atoms with Crippen molar-refractivity contribution in [1.82, 2.24) is 14.5 Å². The second kappa shape index (κ2) is 5.22. The molecule has 19 heavy (non-hydrogen) atoms. The molecular weight excluding hydrogens is 265 g/mol. The monoisotopic (exact) mass is 281 g/mol. The number of halogens is 1. The molecular formula is C13H16FN3OS. The summed E-state index contributed by atoms with van der Waals surface area (Å²) in [5, 5.41) is 0.319. The van der Waals surface area contributed by atoms with Crippen LogP contribution in [0.3, 0.4) is 0 Å². The molecule has 0 bridgehead atoms. The average Bonchev–Trinajstić information content (AvgIpc) is 2.29. The number of rotatable bonds is 3. The number of nitrogens with zero attached hydrogens (tertiary/aromatic N) is 2. The number of H-pyrrole nitrogens is 1. The number of aromatic amines is 1. The van der Waals surface area contributed by atoms with Gasteiger partial charge in [0.15, 0.2) is 4.77 Å². The molecule has 0 saturated heterocycles. The van der Waals surface area contributed by atoms with Crippen molar-refractivity contribution in [2.75, 3.05) is 20.6 Å². The van der Waals surface area contributed by atoms with Crippen LogP contribution >= 0.6 is 12.2 Å². The Morgan fingerprint density at radius 3 is 2.79 bits per heavy atom. The molecule has 0 radical (unpaired) electrons. The zero-order valence-corrected chi connectivity index (χ0v) is 11.9. The van der Waals surface area contributed by atoms with Gasteiger partial charge in [0.2, 0.25) is 0 Å². The standard InChI is InChI=1S/C13H16FN3OS/c1-8(7-16(2)3)17-12(18)10-6-9(14)4-5-11(10)15-13(17)19/h4-6,8H,7H2,1-3H3,(H,15,19). The van der Waals surface area contributed by atoms with Crippen molar-refractivity contribution in [3.63, 3.8) is 0 Å². The minimum absolute atomic E-state index is 0.0843. The lowest BCUT2D eigenvalue weighted by molar-refractivity contribution is 0.330. The lowest BCUT2D eigenvalue weighted by atomic mass is 10.2. The summed E-state index contributed by atoms with van der Waals surface area (Å²) in [6.07, 6.45) is 0. The maximum atomic E-state index is 13.3. The molecule has 2 rings (SSSR count). The molecule has 1 atom stereocenters. The molecule has 0 amide bonds. The molecule has 0 aliphatic rings. The first-order valence-corrected chi connectivity index (χ1v) is 6.40. The Hall–Kier alpha value is -1.53. The number of nitrogens with one attached hydrogen (secondary N) is 1. The highest BCUT2D eigenvalue weighted by Gasteiger charge is 2.13. The van der Waals surface area contributed by atoms with Crippen molar-refractivity contribution in [3.8, 4) is 0 Å². The van der Waals surface area contributed by atoms with E-state index in [1.165, 1.54) is 22.8 Å². The van der Waals surface area contributed by atoms with Crippen molar-refractivity contribution in [1.29, 1.82) is 0 Å². The van der Waals surface area contributed by atoms with E-state index < -0.39 is 5.82 Å². The summed E-state index contributed by atoms with van der Waals surface area (Å²) in [5.74, 6) is -0.429. The van der Waals surface area contributed by atoms with Crippen LogP contribution in [0, 0.1) is 10.6 Å². The van der Waals surface area contributed by atoms with E-state index in [0.29, 0.717) is 22.2 Å². The molecule has 1 N–H and O–H groups in total. The van der Waals surface area contributed by atoms with Crippen molar-refractivity contribution < 1.29 is 4.39 Å². The number of hydrogen-bond donors (Lipinski definition) is 1. The molecule has 0 aliphatic heterocycles. The Labute approximate surface area is 115 Å². The predicted octanol–water partition coefficient (Wildman–Crippen LogP) is 2.32. The zero-order valence-electron chi connectivity index (χ0n) is 11.1. The summed E-state index contributed by atoms with van der Waals surface area (Å²) in [5.41, 5.74) is 0.303. The summed E-state index contributed by atoms with van der Waals surface area (Å²) in [6, 6.07) is 3.99. The van der Waals surface area contributed by atoms with Crippen LogP contribution in [0.1, 0.15) is 13.0 Å². The molecule has 1 aromatic carbocycles. The van der Waals surface area contributed by atoms with Gasteiger partial charge in [-0.2, -0.15) is 0 Å². The highest BCUT2D eigenvalue weighted by molar-refractivity contribution is 7.71. The van der Waals surface area contributed by atoms with E-state index in [4.69, 9.17) is 12.2 Å². The van der Waals surface area contributed by atoms with Gasteiger partial charge in [0.05, 0.1) is 10.9 Å². The van der Waals surface area contributed by atoms with Gasteiger partial charge in [0, 0.05) is 12.6 Å². The Balaban J connectivity index is 2.68. The van der Waals surface area contributed by atoms with Crippen LogP contribution < -0.4 is 5.56 Å². The Kier molecular flexibility index (Phi) is 3.82. The molecule has 4 nitrogen and oxygen atoms in total. The maximum Gasteiger partial charge on any atom is 0.262 e.